The summed E-state index contributed by atoms with van der Waals surface area (Å²) in [7, 11) is 0. The third-order valence-electron chi connectivity index (χ3n) is 4.21. The first-order valence-corrected chi connectivity index (χ1v) is 9.58. The monoisotopic (exact) mass is 465 g/mol. The molecule has 0 radical (unpaired) electrons. The smallest absolute Gasteiger partial charge is 0.256 e. The Morgan fingerprint density at radius 1 is 1.24 bits per heavy atom. The molecular weight excluding hydrogens is 448 g/mol. The first-order chi connectivity index (χ1) is 13.9. The minimum absolute atomic E-state index is 0.157. The molecule has 0 aliphatic heterocycles. The SMILES string of the molecule is CCN(C(=O)c1cc(F)cc(F)c1-n1nccn1)[C@@H](C)CNc1cnc(Br)cn1. The second kappa shape index (κ2) is 9.03. The molecule has 1 N–H and O–H groups in total. The van der Waals surface area contributed by atoms with Gasteiger partial charge in [0.2, 0.25) is 0 Å². The van der Waals surface area contributed by atoms with E-state index in [4.69, 9.17) is 0 Å². The molecule has 2 heterocycles. The summed E-state index contributed by atoms with van der Waals surface area (Å²) in [6.45, 7) is 4.30. The van der Waals surface area contributed by atoms with Crippen LogP contribution < -0.4 is 5.32 Å². The van der Waals surface area contributed by atoms with Gasteiger partial charge in [-0.25, -0.2) is 18.7 Å². The Kier molecular flexibility index (Phi) is 6.47. The predicted octanol–water partition coefficient (Wildman–Crippen LogP) is 3.06. The van der Waals surface area contributed by atoms with Gasteiger partial charge in [-0.1, -0.05) is 0 Å². The number of hydrogen-bond acceptors (Lipinski definition) is 6. The van der Waals surface area contributed by atoms with Crippen molar-refractivity contribution in [3.8, 4) is 5.69 Å². The number of likely N-dealkylation sites (N-methyl/N-ethyl adjacent to an activating group) is 1. The molecule has 1 aromatic carbocycles. The largest absolute Gasteiger partial charge is 0.367 e. The molecule has 1 amide bonds. The highest BCUT2D eigenvalue weighted by molar-refractivity contribution is 9.10. The Labute approximate surface area is 174 Å². The van der Waals surface area contributed by atoms with Crippen LogP contribution in [-0.4, -0.2) is 54.9 Å². The fraction of sp³-hybridized carbons (Fsp3) is 0.278. The van der Waals surface area contributed by atoms with Crippen molar-refractivity contribution in [2.24, 2.45) is 0 Å². The number of nitrogens with one attached hydrogen (secondary N) is 1. The summed E-state index contributed by atoms with van der Waals surface area (Å²) in [4.78, 5) is 23.9. The number of halogens is 3. The molecule has 0 spiro atoms. The molecule has 2 aromatic heterocycles. The molecule has 0 aliphatic carbocycles. The number of nitrogens with zero attached hydrogens (tertiary/aromatic N) is 6. The lowest BCUT2D eigenvalue weighted by molar-refractivity contribution is 0.0711. The molecule has 1 atom stereocenters. The van der Waals surface area contributed by atoms with Crippen molar-refractivity contribution in [3.05, 3.63) is 58.7 Å². The minimum Gasteiger partial charge on any atom is -0.367 e. The van der Waals surface area contributed by atoms with E-state index in [9.17, 15) is 13.6 Å². The number of hydrogen-bond donors (Lipinski definition) is 1. The molecule has 11 heteroatoms. The highest BCUT2D eigenvalue weighted by Crippen LogP contribution is 2.22. The normalized spacial score (nSPS) is 11.9. The van der Waals surface area contributed by atoms with E-state index >= 15 is 0 Å². The van der Waals surface area contributed by atoms with Crippen LogP contribution in [0.2, 0.25) is 0 Å². The molecule has 3 rings (SSSR count). The van der Waals surface area contributed by atoms with Crippen LogP contribution in [0, 0.1) is 11.6 Å². The third-order valence-corrected chi connectivity index (χ3v) is 4.62. The van der Waals surface area contributed by atoms with Gasteiger partial charge in [0.05, 0.1) is 30.4 Å². The molecule has 3 aromatic rings. The van der Waals surface area contributed by atoms with Gasteiger partial charge in [-0.15, -0.1) is 4.80 Å². The lowest BCUT2D eigenvalue weighted by atomic mass is 10.1. The molecule has 152 valence electrons. The maximum Gasteiger partial charge on any atom is 0.256 e. The van der Waals surface area contributed by atoms with Crippen LogP contribution in [-0.2, 0) is 0 Å². The number of benzene rings is 1. The fourth-order valence-electron chi connectivity index (χ4n) is 2.84. The van der Waals surface area contributed by atoms with Gasteiger partial charge >= 0.3 is 0 Å². The molecular formula is C18H18BrF2N7O. The zero-order valence-electron chi connectivity index (χ0n) is 15.7. The number of carbonyl (C=O) groups is 1. The number of aromatic nitrogens is 5. The Morgan fingerprint density at radius 2 is 1.97 bits per heavy atom. The van der Waals surface area contributed by atoms with E-state index < -0.39 is 17.5 Å². The second-order valence-electron chi connectivity index (χ2n) is 6.15. The lowest BCUT2D eigenvalue weighted by Gasteiger charge is -2.29. The first-order valence-electron chi connectivity index (χ1n) is 8.78. The van der Waals surface area contributed by atoms with E-state index in [1.807, 2.05) is 6.92 Å². The molecule has 0 unspecified atom stereocenters. The number of carbonyl (C=O) groups excluding carboxylic acids is 1. The molecule has 0 saturated heterocycles. The summed E-state index contributed by atoms with van der Waals surface area (Å²) >= 11 is 3.21. The van der Waals surface area contributed by atoms with Gasteiger partial charge < -0.3 is 10.2 Å². The van der Waals surface area contributed by atoms with E-state index in [0.29, 0.717) is 29.6 Å². The zero-order chi connectivity index (χ0) is 21.0. The van der Waals surface area contributed by atoms with Crippen LogP contribution >= 0.6 is 15.9 Å². The molecule has 0 aliphatic rings. The maximum absolute atomic E-state index is 14.5. The van der Waals surface area contributed by atoms with Crippen LogP contribution in [0.5, 0.6) is 0 Å². The van der Waals surface area contributed by atoms with Crippen molar-refractivity contribution < 1.29 is 13.6 Å². The van der Waals surface area contributed by atoms with E-state index in [0.717, 1.165) is 10.9 Å². The van der Waals surface area contributed by atoms with Crippen molar-refractivity contribution in [1.29, 1.82) is 0 Å². The average molecular weight is 466 g/mol. The van der Waals surface area contributed by atoms with Gasteiger partial charge in [0.25, 0.3) is 5.91 Å². The third kappa shape index (κ3) is 4.73. The highest BCUT2D eigenvalue weighted by atomic mass is 79.9. The fourth-order valence-corrected chi connectivity index (χ4v) is 3.04. The Bertz CT molecular complexity index is 983. The van der Waals surface area contributed by atoms with Crippen molar-refractivity contribution in [3.63, 3.8) is 0 Å². The van der Waals surface area contributed by atoms with Crippen molar-refractivity contribution in [2.45, 2.75) is 19.9 Å². The highest BCUT2D eigenvalue weighted by Gasteiger charge is 2.26. The van der Waals surface area contributed by atoms with Gasteiger partial charge in [-0.3, -0.25) is 4.79 Å². The predicted molar refractivity (Wildman–Crippen MR) is 106 cm³/mol. The van der Waals surface area contributed by atoms with E-state index in [1.54, 1.807) is 19.3 Å². The summed E-state index contributed by atoms with van der Waals surface area (Å²) in [6.07, 6.45) is 5.80. The maximum atomic E-state index is 14.5. The molecule has 8 nitrogen and oxygen atoms in total. The summed E-state index contributed by atoms with van der Waals surface area (Å²) in [5.74, 6) is -1.76. The van der Waals surface area contributed by atoms with Gasteiger partial charge in [0.15, 0.2) is 5.82 Å². The van der Waals surface area contributed by atoms with Crippen molar-refractivity contribution >= 4 is 27.7 Å². The molecule has 0 saturated carbocycles. The Morgan fingerprint density at radius 3 is 2.59 bits per heavy atom. The van der Waals surface area contributed by atoms with E-state index in [-0.39, 0.29) is 17.3 Å². The summed E-state index contributed by atoms with van der Waals surface area (Å²) in [5, 5.41) is 10.8. The Balaban J connectivity index is 1.84. The molecule has 29 heavy (non-hydrogen) atoms. The summed E-state index contributed by atoms with van der Waals surface area (Å²) in [6, 6.07) is 1.39. The molecule has 0 bridgehead atoms. The quantitative estimate of drug-likeness (QED) is 0.576. The van der Waals surface area contributed by atoms with Gasteiger partial charge in [0.1, 0.15) is 21.9 Å². The summed E-state index contributed by atoms with van der Waals surface area (Å²) < 4.78 is 29.0. The Hall–Kier alpha value is -2.95. The van der Waals surface area contributed by atoms with Gasteiger partial charge in [-0.05, 0) is 35.8 Å². The molecule has 0 fully saturated rings. The topological polar surface area (TPSA) is 88.8 Å². The van der Waals surface area contributed by atoms with Crippen LogP contribution in [0.25, 0.3) is 5.69 Å². The zero-order valence-corrected chi connectivity index (χ0v) is 17.3. The van der Waals surface area contributed by atoms with E-state index in [1.165, 1.54) is 17.3 Å². The number of rotatable bonds is 7. The van der Waals surface area contributed by atoms with Crippen molar-refractivity contribution in [2.75, 3.05) is 18.4 Å². The second-order valence-corrected chi connectivity index (χ2v) is 6.96. The first kappa shape index (κ1) is 20.8. The van der Waals surface area contributed by atoms with Crippen LogP contribution in [0.15, 0.2) is 41.5 Å². The minimum atomic E-state index is -0.920. The van der Waals surface area contributed by atoms with E-state index in [2.05, 4.69) is 41.4 Å². The van der Waals surface area contributed by atoms with Gasteiger partial charge in [0, 0.05) is 25.2 Å². The van der Waals surface area contributed by atoms with Crippen molar-refractivity contribution in [1.82, 2.24) is 29.9 Å². The standard InChI is InChI=1S/C18H18BrF2N7O/c1-3-27(11(2)8-23-16-10-22-15(19)9-24-16)18(29)13-6-12(20)7-14(21)17(13)28-25-4-5-26-28/h4-7,9-11H,3,8H2,1-2H3,(H,23,24)/t11-/m0/s1. The van der Waals surface area contributed by atoms with Crippen LogP contribution in [0.1, 0.15) is 24.2 Å². The number of anilines is 1. The van der Waals surface area contributed by atoms with Gasteiger partial charge in [-0.2, -0.15) is 10.2 Å². The number of amides is 1. The lowest BCUT2D eigenvalue weighted by Crippen LogP contribution is -2.42. The average Bonchev–Trinajstić information content (AvgIpc) is 3.21. The van der Waals surface area contributed by atoms with Crippen LogP contribution in [0.3, 0.4) is 0 Å². The van der Waals surface area contributed by atoms with Crippen LogP contribution in [0.4, 0.5) is 14.6 Å². The summed E-state index contributed by atoms with van der Waals surface area (Å²) in [5.41, 5.74) is -0.352.